The number of rotatable bonds is 4. The first kappa shape index (κ1) is 15.9. The number of fused-ring (bicyclic) bond motifs is 2. The van der Waals surface area contributed by atoms with Crippen molar-refractivity contribution < 1.29 is 4.79 Å². The van der Waals surface area contributed by atoms with E-state index in [1.165, 1.54) is 11.0 Å². The van der Waals surface area contributed by atoms with E-state index in [2.05, 4.69) is 20.5 Å². The molecule has 0 aliphatic heterocycles. The molecule has 3 aromatic heterocycles. The van der Waals surface area contributed by atoms with E-state index in [1.807, 2.05) is 37.3 Å². The highest BCUT2D eigenvalue weighted by atomic mass is 16.2. The molecule has 1 amide bonds. The van der Waals surface area contributed by atoms with E-state index in [0.717, 1.165) is 11.1 Å². The number of benzene rings is 1. The molecule has 0 saturated heterocycles. The van der Waals surface area contributed by atoms with Crippen LogP contribution in [0.4, 0.5) is 0 Å². The molecule has 8 nitrogen and oxygen atoms in total. The molecule has 26 heavy (non-hydrogen) atoms. The van der Waals surface area contributed by atoms with Gasteiger partial charge in [0.2, 0.25) is 5.91 Å². The van der Waals surface area contributed by atoms with Crippen molar-refractivity contribution in [3.05, 3.63) is 70.5 Å². The number of carbonyl (C=O) groups excluding carboxylic acids is 1. The Hall–Kier alpha value is -3.55. The molecule has 1 N–H and O–H groups in total. The number of nitrogens with one attached hydrogen (secondary N) is 1. The van der Waals surface area contributed by atoms with Crippen LogP contribution in [0.1, 0.15) is 11.4 Å². The van der Waals surface area contributed by atoms with Gasteiger partial charge in [0.15, 0.2) is 5.65 Å². The van der Waals surface area contributed by atoms with Crippen LogP contribution in [0.3, 0.4) is 0 Å². The molecule has 0 saturated carbocycles. The van der Waals surface area contributed by atoms with Gasteiger partial charge < -0.3 is 5.32 Å². The quantitative estimate of drug-likeness (QED) is 0.595. The van der Waals surface area contributed by atoms with Crippen molar-refractivity contribution >= 4 is 22.3 Å². The largest absolute Gasteiger partial charge is 0.349 e. The predicted octanol–water partition coefficient (Wildman–Crippen LogP) is 1.06. The number of aryl methyl sites for hydroxylation is 1. The zero-order chi connectivity index (χ0) is 18.1. The molecule has 3 heterocycles. The van der Waals surface area contributed by atoms with E-state index < -0.39 is 0 Å². The van der Waals surface area contributed by atoms with Crippen LogP contribution in [0.25, 0.3) is 16.4 Å². The van der Waals surface area contributed by atoms with Gasteiger partial charge in [-0.25, -0.2) is 14.2 Å². The van der Waals surface area contributed by atoms with Gasteiger partial charge in [0, 0.05) is 5.39 Å². The van der Waals surface area contributed by atoms with Crippen LogP contribution in [-0.2, 0) is 17.9 Å². The maximum Gasteiger partial charge on any atom is 0.275 e. The number of hydrogen-bond donors (Lipinski definition) is 1. The van der Waals surface area contributed by atoms with Crippen LogP contribution in [0.2, 0.25) is 0 Å². The number of carbonyl (C=O) groups is 1. The monoisotopic (exact) mass is 348 g/mol. The van der Waals surface area contributed by atoms with Crippen LogP contribution < -0.4 is 10.9 Å². The van der Waals surface area contributed by atoms with Crippen molar-refractivity contribution in [2.45, 2.75) is 20.0 Å². The number of hydrogen-bond acceptors (Lipinski definition) is 5. The summed E-state index contributed by atoms with van der Waals surface area (Å²) in [6.07, 6.45) is 1.46. The maximum absolute atomic E-state index is 12.5. The predicted molar refractivity (Wildman–Crippen MR) is 95.6 cm³/mol. The van der Waals surface area contributed by atoms with E-state index in [9.17, 15) is 9.59 Å². The Morgan fingerprint density at radius 3 is 2.77 bits per heavy atom. The second-order valence-electron chi connectivity index (χ2n) is 5.92. The van der Waals surface area contributed by atoms with Crippen LogP contribution in [0.15, 0.2) is 53.6 Å². The molecule has 8 heteroatoms. The summed E-state index contributed by atoms with van der Waals surface area (Å²) in [5.41, 5.74) is 1.93. The minimum absolute atomic E-state index is 0.141. The summed E-state index contributed by atoms with van der Waals surface area (Å²) in [7, 11) is 0. The van der Waals surface area contributed by atoms with E-state index >= 15 is 0 Å². The Labute approximate surface area is 148 Å². The fraction of sp³-hybridized carbons (Fsp3) is 0.167. The summed E-state index contributed by atoms with van der Waals surface area (Å²) < 4.78 is 2.86. The fourth-order valence-corrected chi connectivity index (χ4v) is 2.93. The summed E-state index contributed by atoms with van der Waals surface area (Å²) in [6.45, 7) is 1.96. The summed E-state index contributed by atoms with van der Waals surface area (Å²) in [5, 5.41) is 12.5. The summed E-state index contributed by atoms with van der Waals surface area (Å²) in [6, 6.07) is 12.8. The van der Waals surface area contributed by atoms with E-state index in [1.54, 1.807) is 16.6 Å². The Bertz CT molecular complexity index is 1180. The lowest BCUT2D eigenvalue weighted by Crippen LogP contribution is -2.34. The van der Waals surface area contributed by atoms with Gasteiger partial charge in [-0.3, -0.25) is 9.59 Å². The van der Waals surface area contributed by atoms with Gasteiger partial charge in [0.1, 0.15) is 12.9 Å². The van der Waals surface area contributed by atoms with E-state index in [4.69, 9.17) is 0 Å². The summed E-state index contributed by atoms with van der Waals surface area (Å²) in [4.78, 5) is 28.9. The molecule has 0 unspecified atom stereocenters. The minimum atomic E-state index is -0.300. The van der Waals surface area contributed by atoms with Crippen LogP contribution in [0, 0.1) is 6.92 Å². The Morgan fingerprint density at radius 1 is 1.12 bits per heavy atom. The lowest BCUT2D eigenvalue weighted by atomic mass is 10.1. The topological polar surface area (TPSA) is 94.2 Å². The summed E-state index contributed by atoms with van der Waals surface area (Å²) >= 11 is 0. The zero-order valence-electron chi connectivity index (χ0n) is 14.1. The molecule has 1 aromatic carbocycles. The van der Waals surface area contributed by atoms with Gasteiger partial charge in [0.05, 0.1) is 23.3 Å². The molecule has 0 spiro atoms. The first-order valence-electron chi connectivity index (χ1n) is 8.14. The molecule has 130 valence electrons. The van der Waals surface area contributed by atoms with E-state index in [0.29, 0.717) is 16.7 Å². The van der Waals surface area contributed by atoms with Crippen molar-refractivity contribution in [3.63, 3.8) is 0 Å². The van der Waals surface area contributed by atoms with Crippen molar-refractivity contribution in [3.8, 4) is 0 Å². The minimum Gasteiger partial charge on any atom is -0.349 e. The van der Waals surface area contributed by atoms with Gasteiger partial charge in [-0.15, -0.1) is 0 Å². The Kier molecular flexibility index (Phi) is 3.92. The number of aromatic nitrogens is 5. The third-order valence-electron chi connectivity index (χ3n) is 4.19. The third kappa shape index (κ3) is 2.81. The Morgan fingerprint density at radius 2 is 1.92 bits per heavy atom. The molecule has 0 aliphatic carbocycles. The van der Waals surface area contributed by atoms with Crippen LogP contribution in [0.5, 0.6) is 0 Å². The van der Waals surface area contributed by atoms with Crippen molar-refractivity contribution in [2.24, 2.45) is 0 Å². The van der Waals surface area contributed by atoms with Crippen molar-refractivity contribution in [1.29, 1.82) is 0 Å². The zero-order valence-corrected chi connectivity index (χ0v) is 14.1. The fourth-order valence-electron chi connectivity index (χ4n) is 2.93. The first-order chi connectivity index (χ1) is 12.6. The highest BCUT2D eigenvalue weighted by Gasteiger charge is 2.11. The smallest absolute Gasteiger partial charge is 0.275 e. The number of amides is 1. The van der Waals surface area contributed by atoms with Gasteiger partial charge in [-0.05, 0) is 25.1 Å². The average molecular weight is 348 g/mol. The molecule has 0 bridgehead atoms. The molecule has 0 fully saturated rings. The van der Waals surface area contributed by atoms with E-state index in [-0.39, 0.29) is 24.6 Å². The Balaban J connectivity index is 1.54. The number of pyridine rings is 1. The van der Waals surface area contributed by atoms with Crippen molar-refractivity contribution in [2.75, 3.05) is 0 Å². The van der Waals surface area contributed by atoms with Crippen LogP contribution in [-0.4, -0.2) is 30.3 Å². The second-order valence-corrected chi connectivity index (χ2v) is 5.92. The number of nitrogens with zero attached hydrogens (tertiary/aromatic N) is 5. The van der Waals surface area contributed by atoms with Gasteiger partial charge >= 0.3 is 0 Å². The third-order valence-corrected chi connectivity index (χ3v) is 4.19. The van der Waals surface area contributed by atoms with Gasteiger partial charge in [-0.2, -0.15) is 10.2 Å². The molecule has 0 atom stereocenters. The van der Waals surface area contributed by atoms with Crippen molar-refractivity contribution in [1.82, 2.24) is 29.7 Å². The average Bonchev–Trinajstić information content (AvgIpc) is 3.13. The highest BCUT2D eigenvalue weighted by Crippen LogP contribution is 2.11. The molecular weight excluding hydrogens is 332 g/mol. The molecular formula is C18H16N6O2. The second kappa shape index (κ2) is 6.40. The summed E-state index contributed by atoms with van der Waals surface area (Å²) in [5.74, 6) is -0.300. The van der Waals surface area contributed by atoms with Gasteiger partial charge in [-0.1, -0.05) is 24.3 Å². The van der Waals surface area contributed by atoms with Gasteiger partial charge in [0.25, 0.3) is 5.56 Å². The molecule has 4 rings (SSSR count). The van der Waals surface area contributed by atoms with Crippen LogP contribution >= 0.6 is 0 Å². The first-order valence-corrected chi connectivity index (χ1v) is 8.14. The normalized spacial score (nSPS) is 11.1. The highest BCUT2D eigenvalue weighted by molar-refractivity contribution is 5.83. The lowest BCUT2D eigenvalue weighted by Gasteiger charge is -2.10. The lowest BCUT2D eigenvalue weighted by molar-refractivity contribution is -0.122. The molecule has 0 radical (unpaired) electrons. The standard InChI is InChI=1S/C18H16N6O2/c1-12-14-6-2-3-7-15(14)18(26)23(22-12)10-17(25)19-9-13-5-4-8-16-20-11-21-24(13)16/h2-8,11H,9-10H2,1H3,(H,19,25). The maximum atomic E-state index is 12.5. The molecule has 0 aliphatic rings. The molecule has 4 aromatic rings. The SMILES string of the molecule is Cc1nn(CC(=O)NCc2cccc3ncnn23)c(=O)c2ccccc12.